The fourth-order valence-corrected chi connectivity index (χ4v) is 4.89. The Labute approximate surface area is 121 Å². The van der Waals surface area contributed by atoms with Gasteiger partial charge in [-0.25, -0.2) is 13.1 Å². The molecule has 3 fully saturated rings. The summed E-state index contributed by atoms with van der Waals surface area (Å²) in [6.45, 7) is 4.63. The topological polar surface area (TPSA) is 70.7 Å². The van der Waals surface area contributed by atoms with Crippen LogP contribution >= 0.6 is 0 Å². The van der Waals surface area contributed by atoms with Crippen molar-refractivity contribution in [2.24, 2.45) is 0 Å². The smallest absolute Gasteiger partial charge is 0.215 e. The Hall–Kier alpha value is -0.210. The van der Waals surface area contributed by atoms with Crippen LogP contribution in [0.1, 0.15) is 25.7 Å². The second-order valence-corrected chi connectivity index (χ2v) is 8.15. The molecule has 3 aliphatic heterocycles. The highest BCUT2D eigenvalue weighted by atomic mass is 32.2. The van der Waals surface area contributed by atoms with Crippen molar-refractivity contribution in [3.63, 3.8) is 0 Å². The quantitative estimate of drug-likeness (QED) is 0.734. The molecule has 7 heteroatoms. The van der Waals surface area contributed by atoms with E-state index in [0.29, 0.717) is 19.1 Å². The van der Waals surface area contributed by atoms with Crippen molar-refractivity contribution in [1.82, 2.24) is 14.9 Å². The van der Waals surface area contributed by atoms with Crippen molar-refractivity contribution in [3.8, 4) is 0 Å². The van der Waals surface area contributed by atoms with Crippen LogP contribution < -0.4 is 10.0 Å². The number of nitrogens with one attached hydrogen (secondary N) is 2. The summed E-state index contributed by atoms with van der Waals surface area (Å²) in [5.41, 5.74) is 0. The molecular weight excluding hydrogens is 278 g/mol. The minimum Gasteiger partial charge on any atom is -0.374 e. The molecule has 3 atom stereocenters. The molecule has 20 heavy (non-hydrogen) atoms. The SMILES string of the molecule is O=S(=O)(NCC1CN2CCCC2CO1)C1CCCNC1. The summed E-state index contributed by atoms with van der Waals surface area (Å²) in [5.74, 6) is 0. The predicted molar refractivity (Wildman–Crippen MR) is 77.1 cm³/mol. The van der Waals surface area contributed by atoms with E-state index in [1.54, 1.807) is 0 Å². The summed E-state index contributed by atoms with van der Waals surface area (Å²) in [7, 11) is -3.22. The first-order chi connectivity index (χ1) is 9.65. The molecule has 6 nitrogen and oxygen atoms in total. The van der Waals surface area contributed by atoms with E-state index >= 15 is 0 Å². The van der Waals surface area contributed by atoms with Crippen LogP contribution in [0.15, 0.2) is 0 Å². The van der Waals surface area contributed by atoms with Gasteiger partial charge < -0.3 is 10.1 Å². The predicted octanol–water partition coefficient (Wildman–Crippen LogP) is -0.479. The lowest BCUT2D eigenvalue weighted by Crippen LogP contribution is -2.52. The molecule has 3 aliphatic rings. The third kappa shape index (κ3) is 3.33. The van der Waals surface area contributed by atoms with Crippen molar-refractivity contribution >= 4 is 10.0 Å². The molecular formula is C13H25N3O3S. The third-order valence-corrected chi connectivity index (χ3v) is 6.51. The van der Waals surface area contributed by atoms with E-state index in [-0.39, 0.29) is 11.4 Å². The fraction of sp³-hybridized carbons (Fsp3) is 1.00. The Kier molecular flexibility index (Phi) is 4.62. The minimum absolute atomic E-state index is 0.00400. The second-order valence-electron chi connectivity index (χ2n) is 6.11. The zero-order chi connectivity index (χ0) is 14.0. The summed E-state index contributed by atoms with van der Waals surface area (Å²) in [6, 6.07) is 0.561. The van der Waals surface area contributed by atoms with Gasteiger partial charge in [0, 0.05) is 25.7 Å². The first-order valence-corrected chi connectivity index (χ1v) is 9.24. The lowest BCUT2D eigenvalue weighted by molar-refractivity contribution is -0.0449. The normalized spacial score (nSPS) is 35.9. The second kappa shape index (κ2) is 6.27. The highest BCUT2D eigenvalue weighted by Crippen LogP contribution is 2.22. The Morgan fingerprint density at radius 2 is 2.20 bits per heavy atom. The Morgan fingerprint density at radius 1 is 1.30 bits per heavy atom. The van der Waals surface area contributed by atoms with Gasteiger partial charge in [-0.05, 0) is 38.8 Å². The molecule has 0 saturated carbocycles. The first-order valence-electron chi connectivity index (χ1n) is 7.70. The molecule has 0 bridgehead atoms. The van der Waals surface area contributed by atoms with Crippen molar-refractivity contribution in [3.05, 3.63) is 0 Å². The number of hydrogen-bond donors (Lipinski definition) is 2. The molecule has 0 aromatic rings. The van der Waals surface area contributed by atoms with Gasteiger partial charge in [-0.3, -0.25) is 4.90 Å². The van der Waals surface area contributed by atoms with Gasteiger partial charge in [0.25, 0.3) is 0 Å². The summed E-state index contributed by atoms with van der Waals surface area (Å²) in [4.78, 5) is 2.44. The molecule has 3 saturated heterocycles. The van der Waals surface area contributed by atoms with Gasteiger partial charge in [-0.2, -0.15) is 0 Å². The van der Waals surface area contributed by atoms with Crippen molar-refractivity contribution in [2.75, 3.05) is 39.3 Å². The lowest BCUT2D eigenvalue weighted by atomic mass is 10.2. The maximum absolute atomic E-state index is 12.2. The highest BCUT2D eigenvalue weighted by Gasteiger charge is 2.33. The standard InChI is InChI=1S/C13H25N3O3S/c17-20(18,13-4-1-5-14-8-13)15-7-12-9-16-6-2-3-11(16)10-19-12/h11-15H,1-10H2. The Morgan fingerprint density at radius 3 is 3.00 bits per heavy atom. The average Bonchev–Trinajstić information content (AvgIpc) is 2.94. The van der Waals surface area contributed by atoms with Crippen LogP contribution in [0.4, 0.5) is 0 Å². The summed E-state index contributed by atoms with van der Waals surface area (Å²) in [6.07, 6.45) is 4.13. The van der Waals surface area contributed by atoms with Crippen molar-refractivity contribution in [1.29, 1.82) is 0 Å². The summed E-state index contributed by atoms with van der Waals surface area (Å²) in [5, 5.41) is 2.86. The van der Waals surface area contributed by atoms with Crippen molar-refractivity contribution < 1.29 is 13.2 Å². The number of hydrogen-bond acceptors (Lipinski definition) is 5. The van der Waals surface area contributed by atoms with E-state index < -0.39 is 10.0 Å². The average molecular weight is 303 g/mol. The van der Waals surface area contributed by atoms with E-state index in [2.05, 4.69) is 14.9 Å². The van der Waals surface area contributed by atoms with Gasteiger partial charge in [0.1, 0.15) is 0 Å². The molecule has 0 aromatic carbocycles. The van der Waals surface area contributed by atoms with Crippen LogP contribution in [0, 0.1) is 0 Å². The van der Waals surface area contributed by atoms with Gasteiger partial charge in [-0.15, -0.1) is 0 Å². The number of nitrogens with zero attached hydrogens (tertiary/aromatic N) is 1. The van der Waals surface area contributed by atoms with Crippen LogP contribution in [0.25, 0.3) is 0 Å². The van der Waals surface area contributed by atoms with Gasteiger partial charge in [0.15, 0.2) is 0 Å². The summed E-state index contributed by atoms with van der Waals surface area (Å²) >= 11 is 0. The molecule has 3 unspecified atom stereocenters. The zero-order valence-corrected chi connectivity index (χ0v) is 12.7. The lowest BCUT2D eigenvalue weighted by Gasteiger charge is -2.35. The van der Waals surface area contributed by atoms with Gasteiger partial charge in [0.2, 0.25) is 10.0 Å². The number of morpholine rings is 1. The van der Waals surface area contributed by atoms with Crippen LogP contribution in [0.3, 0.4) is 0 Å². The maximum atomic E-state index is 12.2. The van der Waals surface area contributed by atoms with Crippen LogP contribution in [-0.2, 0) is 14.8 Å². The molecule has 0 radical (unpaired) electrons. The fourth-order valence-electron chi connectivity index (χ4n) is 3.42. The summed E-state index contributed by atoms with van der Waals surface area (Å²) < 4.78 is 33.0. The molecule has 2 N–H and O–H groups in total. The van der Waals surface area contributed by atoms with Gasteiger partial charge in [0.05, 0.1) is 18.0 Å². The van der Waals surface area contributed by atoms with Crippen LogP contribution in [-0.4, -0.2) is 70.0 Å². The van der Waals surface area contributed by atoms with Crippen molar-refractivity contribution in [2.45, 2.75) is 43.1 Å². The number of sulfonamides is 1. The zero-order valence-electron chi connectivity index (χ0n) is 11.9. The molecule has 3 rings (SSSR count). The van der Waals surface area contributed by atoms with Gasteiger partial charge >= 0.3 is 0 Å². The molecule has 3 heterocycles. The molecule has 0 aromatic heterocycles. The molecule has 0 amide bonds. The Bertz CT molecular complexity index is 423. The van der Waals surface area contributed by atoms with E-state index in [9.17, 15) is 8.42 Å². The van der Waals surface area contributed by atoms with E-state index in [1.807, 2.05) is 0 Å². The molecule has 0 spiro atoms. The van der Waals surface area contributed by atoms with Gasteiger partial charge in [-0.1, -0.05) is 0 Å². The Balaban J connectivity index is 1.48. The largest absolute Gasteiger partial charge is 0.374 e. The minimum atomic E-state index is -3.22. The third-order valence-electron chi connectivity index (χ3n) is 4.66. The monoisotopic (exact) mass is 303 g/mol. The number of fused-ring (bicyclic) bond motifs is 1. The van der Waals surface area contributed by atoms with E-state index in [1.165, 1.54) is 12.8 Å². The van der Waals surface area contributed by atoms with Crippen LogP contribution in [0.2, 0.25) is 0 Å². The van der Waals surface area contributed by atoms with E-state index in [4.69, 9.17) is 4.74 Å². The first kappa shape index (κ1) is 14.7. The number of piperidine rings is 1. The van der Waals surface area contributed by atoms with Crippen LogP contribution in [0.5, 0.6) is 0 Å². The molecule has 0 aliphatic carbocycles. The number of rotatable bonds is 4. The highest BCUT2D eigenvalue weighted by molar-refractivity contribution is 7.90. The number of ether oxygens (including phenoxy) is 1. The van der Waals surface area contributed by atoms with E-state index in [0.717, 1.165) is 39.1 Å². The molecule has 116 valence electrons. The maximum Gasteiger partial charge on any atom is 0.215 e.